The lowest BCUT2D eigenvalue weighted by atomic mass is 10.1. The predicted octanol–water partition coefficient (Wildman–Crippen LogP) is 1.83. The van der Waals surface area contributed by atoms with Crippen LogP contribution in [0.1, 0.15) is 30.3 Å². The number of halogens is 2. The molecule has 4 nitrogen and oxygen atoms in total. The molecule has 86 valence electrons. The number of aromatic nitrogens is 3. The van der Waals surface area contributed by atoms with Crippen LogP contribution in [0.15, 0.2) is 10.9 Å². The minimum absolute atomic E-state index is 0.231. The Balaban J connectivity index is 2.79. The van der Waals surface area contributed by atoms with Gasteiger partial charge < -0.3 is 0 Å². The Labute approximate surface area is 89.9 Å². The second kappa shape index (κ2) is 3.70. The number of nitrogens with zero attached hydrogens (tertiary/aromatic N) is 2. The number of aromatic amines is 1. The highest BCUT2D eigenvalue weighted by atomic mass is 19.3. The lowest BCUT2D eigenvalue weighted by Gasteiger charge is -2.01. The second-order valence-corrected chi connectivity index (χ2v) is 3.57. The number of rotatable bonds is 2. The number of hydrogen-bond acceptors (Lipinski definition) is 2. The summed E-state index contributed by atoms with van der Waals surface area (Å²) in [5.41, 5.74) is 1.31. The van der Waals surface area contributed by atoms with Crippen LogP contribution in [-0.2, 0) is 6.42 Å². The number of alkyl halides is 2. The fourth-order valence-corrected chi connectivity index (χ4v) is 1.73. The van der Waals surface area contributed by atoms with Crippen LogP contribution in [0, 0.1) is 6.92 Å². The topological polar surface area (TPSA) is 50.2 Å². The first-order chi connectivity index (χ1) is 7.54. The van der Waals surface area contributed by atoms with Crippen molar-refractivity contribution in [1.29, 1.82) is 0 Å². The molecule has 2 aromatic rings. The molecule has 2 rings (SSSR count). The highest BCUT2D eigenvalue weighted by Gasteiger charge is 2.15. The van der Waals surface area contributed by atoms with Gasteiger partial charge in [0.05, 0.1) is 0 Å². The number of nitrogens with one attached hydrogen (secondary N) is 1. The molecular formula is C10H11F2N3O. The van der Waals surface area contributed by atoms with Crippen molar-refractivity contribution in [3.05, 3.63) is 33.4 Å². The Morgan fingerprint density at radius 3 is 2.81 bits per heavy atom. The van der Waals surface area contributed by atoms with Gasteiger partial charge in [-0.05, 0) is 25.0 Å². The third-order valence-electron chi connectivity index (χ3n) is 2.53. The lowest BCUT2D eigenvalue weighted by Crippen LogP contribution is -2.19. The summed E-state index contributed by atoms with van der Waals surface area (Å²) in [7, 11) is 0. The molecule has 0 atom stereocenters. The van der Waals surface area contributed by atoms with Crippen LogP contribution in [-0.4, -0.2) is 14.6 Å². The quantitative estimate of drug-likeness (QED) is 0.850. The van der Waals surface area contributed by atoms with Gasteiger partial charge >= 0.3 is 0 Å². The summed E-state index contributed by atoms with van der Waals surface area (Å²) in [5, 5.41) is 2.31. The van der Waals surface area contributed by atoms with Crippen molar-refractivity contribution in [3.8, 4) is 0 Å². The average molecular weight is 227 g/mol. The van der Waals surface area contributed by atoms with E-state index in [1.807, 2.05) is 6.92 Å². The summed E-state index contributed by atoms with van der Waals surface area (Å²) in [4.78, 5) is 15.5. The lowest BCUT2D eigenvalue weighted by molar-refractivity contribution is 0.140. The number of fused-ring (bicyclic) bond motifs is 1. The zero-order chi connectivity index (χ0) is 11.9. The summed E-state index contributed by atoms with van der Waals surface area (Å²) >= 11 is 0. The smallest absolute Gasteiger partial charge is 0.271 e. The van der Waals surface area contributed by atoms with Crippen LogP contribution >= 0.6 is 0 Å². The van der Waals surface area contributed by atoms with Gasteiger partial charge in [0.2, 0.25) is 0 Å². The van der Waals surface area contributed by atoms with Gasteiger partial charge in [0.25, 0.3) is 12.0 Å². The molecule has 0 saturated heterocycles. The van der Waals surface area contributed by atoms with Gasteiger partial charge in [-0.15, -0.1) is 0 Å². The molecule has 1 N–H and O–H groups in total. The maximum absolute atomic E-state index is 12.4. The zero-order valence-electron chi connectivity index (χ0n) is 8.92. The Bertz CT molecular complexity index is 585. The van der Waals surface area contributed by atoms with E-state index >= 15 is 0 Å². The molecule has 0 fully saturated rings. The van der Waals surface area contributed by atoms with Crippen molar-refractivity contribution in [2.45, 2.75) is 26.7 Å². The van der Waals surface area contributed by atoms with Gasteiger partial charge in [-0.3, -0.25) is 9.89 Å². The van der Waals surface area contributed by atoms with E-state index in [1.54, 1.807) is 13.0 Å². The Kier molecular flexibility index (Phi) is 2.49. The van der Waals surface area contributed by atoms with Crippen LogP contribution in [0.3, 0.4) is 0 Å². The summed E-state index contributed by atoms with van der Waals surface area (Å²) in [6, 6.07) is 1.63. The van der Waals surface area contributed by atoms with Crippen molar-refractivity contribution in [3.63, 3.8) is 0 Å². The fourth-order valence-electron chi connectivity index (χ4n) is 1.73. The molecule has 6 heteroatoms. The normalized spacial score (nSPS) is 11.6. The summed E-state index contributed by atoms with van der Waals surface area (Å²) < 4.78 is 25.9. The van der Waals surface area contributed by atoms with Crippen LogP contribution in [0.2, 0.25) is 0 Å². The first-order valence-corrected chi connectivity index (χ1v) is 4.94. The molecular weight excluding hydrogens is 216 g/mol. The maximum Gasteiger partial charge on any atom is 0.296 e. The number of pyridine rings is 1. The van der Waals surface area contributed by atoms with E-state index in [0.29, 0.717) is 12.0 Å². The van der Waals surface area contributed by atoms with Crippen LogP contribution in [0.25, 0.3) is 5.65 Å². The van der Waals surface area contributed by atoms with Crippen LogP contribution < -0.4 is 5.56 Å². The molecule has 0 saturated carbocycles. The van der Waals surface area contributed by atoms with E-state index < -0.39 is 12.2 Å². The molecule has 0 bridgehead atoms. The third-order valence-corrected chi connectivity index (χ3v) is 2.53. The molecule has 0 unspecified atom stereocenters. The van der Waals surface area contributed by atoms with Crippen molar-refractivity contribution in [1.82, 2.24) is 14.6 Å². The van der Waals surface area contributed by atoms with Gasteiger partial charge in [-0.25, -0.2) is 13.8 Å². The molecule has 16 heavy (non-hydrogen) atoms. The van der Waals surface area contributed by atoms with E-state index in [-0.39, 0.29) is 11.2 Å². The van der Waals surface area contributed by atoms with E-state index in [1.165, 1.54) is 0 Å². The highest BCUT2D eigenvalue weighted by molar-refractivity contribution is 5.43. The Morgan fingerprint density at radius 2 is 2.25 bits per heavy atom. The minimum atomic E-state index is -2.70. The SMILES string of the molecule is CCc1c(C)cc2nc(C(F)F)[nH]n2c1=O. The molecule has 2 aromatic heterocycles. The Morgan fingerprint density at radius 1 is 1.56 bits per heavy atom. The average Bonchev–Trinajstić information content (AvgIpc) is 2.62. The van der Waals surface area contributed by atoms with E-state index in [9.17, 15) is 13.6 Å². The molecule has 0 aliphatic rings. The second-order valence-electron chi connectivity index (χ2n) is 3.57. The minimum Gasteiger partial charge on any atom is -0.271 e. The summed E-state index contributed by atoms with van der Waals surface area (Å²) in [5.74, 6) is -0.482. The third kappa shape index (κ3) is 1.50. The number of H-pyrrole nitrogens is 1. The van der Waals surface area contributed by atoms with E-state index in [2.05, 4.69) is 10.1 Å². The van der Waals surface area contributed by atoms with Crippen molar-refractivity contribution < 1.29 is 8.78 Å². The molecule has 2 heterocycles. The first-order valence-electron chi connectivity index (χ1n) is 4.94. The first kappa shape index (κ1) is 10.8. The van der Waals surface area contributed by atoms with Gasteiger partial charge in [0.15, 0.2) is 11.5 Å². The largest absolute Gasteiger partial charge is 0.296 e. The summed E-state index contributed by atoms with van der Waals surface area (Å²) in [6.45, 7) is 3.62. The predicted molar refractivity (Wildman–Crippen MR) is 54.9 cm³/mol. The van der Waals surface area contributed by atoms with Gasteiger partial charge in [-0.2, -0.15) is 4.52 Å². The van der Waals surface area contributed by atoms with Crippen molar-refractivity contribution in [2.75, 3.05) is 0 Å². The van der Waals surface area contributed by atoms with Gasteiger partial charge in [-0.1, -0.05) is 6.92 Å². The molecule has 0 aliphatic carbocycles. The standard InChI is InChI=1S/C10H11F2N3O/c1-3-6-5(2)4-7-13-9(8(11)12)14-15(7)10(6)16/h4,8H,3H2,1-2H3,(H,13,14). The monoisotopic (exact) mass is 227 g/mol. The molecule has 0 spiro atoms. The molecule has 0 aromatic carbocycles. The number of aryl methyl sites for hydroxylation is 1. The highest BCUT2D eigenvalue weighted by Crippen LogP contribution is 2.15. The van der Waals surface area contributed by atoms with Crippen LogP contribution in [0.5, 0.6) is 0 Å². The maximum atomic E-state index is 12.4. The molecule has 0 aliphatic heterocycles. The van der Waals surface area contributed by atoms with E-state index in [0.717, 1.165) is 10.1 Å². The van der Waals surface area contributed by atoms with Crippen molar-refractivity contribution in [2.24, 2.45) is 0 Å². The van der Waals surface area contributed by atoms with Crippen LogP contribution in [0.4, 0.5) is 8.78 Å². The van der Waals surface area contributed by atoms with Gasteiger partial charge in [0, 0.05) is 5.56 Å². The fraction of sp³-hybridized carbons (Fsp3) is 0.400. The van der Waals surface area contributed by atoms with Gasteiger partial charge in [0.1, 0.15) is 0 Å². The number of hydrogen-bond donors (Lipinski definition) is 1. The zero-order valence-corrected chi connectivity index (χ0v) is 8.92. The molecule has 0 amide bonds. The molecule has 0 radical (unpaired) electrons. The van der Waals surface area contributed by atoms with Crippen molar-refractivity contribution >= 4 is 5.65 Å². The van der Waals surface area contributed by atoms with E-state index in [4.69, 9.17) is 0 Å². The summed E-state index contributed by atoms with van der Waals surface area (Å²) in [6.07, 6.45) is -2.14. The Hall–Kier alpha value is -1.72.